The zero-order valence-corrected chi connectivity index (χ0v) is 5.89. The lowest BCUT2D eigenvalue weighted by atomic mass is 9.99. The normalized spacial score (nSPS) is 21.4. The molecule has 1 aliphatic rings. The molecule has 0 atom stereocenters. The van der Waals surface area contributed by atoms with Crippen molar-refractivity contribution in [2.45, 2.75) is 12.5 Å². The number of carbonyl (C=O) groups is 1. The van der Waals surface area contributed by atoms with Crippen LogP contribution >= 0.6 is 0 Å². The van der Waals surface area contributed by atoms with Crippen LogP contribution in [0, 0.1) is 0 Å². The van der Waals surface area contributed by atoms with Gasteiger partial charge in [0, 0.05) is 6.92 Å². The van der Waals surface area contributed by atoms with Crippen LogP contribution in [-0.4, -0.2) is 36.4 Å². The van der Waals surface area contributed by atoms with E-state index in [4.69, 9.17) is 9.84 Å². The molecule has 1 fully saturated rings. The van der Waals surface area contributed by atoms with Gasteiger partial charge in [-0.25, -0.2) is 0 Å². The Hall–Kier alpha value is -0.610. The van der Waals surface area contributed by atoms with Crippen molar-refractivity contribution < 1.29 is 14.6 Å². The Labute approximate surface area is 59.2 Å². The fourth-order valence-electron chi connectivity index (χ4n) is 0.925. The molecular weight excluding hydrogens is 134 g/mol. The van der Waals surface area contributed by atoms with Gasteiger partial charge in [-0.2, -0.15) is 0 Å². The number of rotatable bonds is 2. The fraction of sp³-hybridized carbons (Fsp3) is 0.833. The summed E-state index contributed by atoms with van der Waals surface area (Å²) < 4.78 is 4.86. The van der Waals surface area contributed by atoms with Crippen LogP contribution in [0.25, 0.3) is 0 Å². The summed E-state index contributed by atoms with van der Waals surface area (Å²) in [6.07, 6.45) is 0. The number of amides is 1. The van der Waals surface area contributed by atoms with Crippen molar-refractivity contribution in [1.82, 2.24) is 5.32 Å². The van der Waals surface area contributed by atoms with Crippen LogP contribution < -0.4 is 5.32 Å². The lowest BCUT2D eigenvalue weighted by Gasteiger charge is -2.40. The molecule has 4 nitrogen and oxygen atoms in total. The van der Waals surface area contributed by atoms with Gasteiger partial charge in [-0.05, 0) is 0 Å². The van der Waals surface area contributed by atoms with Crippen LogP contribution in [-0.2, 0) is 9.53 Å². The maximum atomic E-state index is 10.5. The van der Waals surface area contributed by atoms with Crippen LogP contribution in [0.1, 0.15) is 6.92 Å². The van der Waals surface area contributed by atoms with Gasteiger partial charge in [0.1, 0.15) is 5.54 Å². The third-order valence-electron chi connectivity index (χ3n) is 1.50. The summed E-state index contributed by atoms with van der Waals surface area (Å²) in [6.45, 7) is 2.22. The number of ether oxygens (including phenoxy) is 1. The number of hydrogen-bond donors (Lipinski definition) is 2. The van der Waals surface area contributed by atoms with E-state index >= 15 is 0 Å². The molecule has 0 unspecified atom stereocenters. The number of hydrogen-bond acceptors (Lipinski definition) is 3. The summed E-state index contributed by atoms with van der Waals surface area (Å²) in [7, 11) is 0. The highest BCUT2D eigenvalue weighted by molar-refractivity contribution is 5.74. The molecule has 1 aliphatic heterocycles. The van der Waals surface area contributed by atoms with Gasteiger partial charge in [-0.15, -0.1) is 0 Å². The van der Waals surface area contributed by atoms with E-state index in [2.05, 4.69) is 5.32 Å². The van der Waals surface area contributed by atoms with Gasteiger partial charge in [0.2, 0.25) is 5.91 Å². The quantitative estimate of drug-likeness (QED) is 0.517. The zero-order chi connectivity index (χ0) is 7.61. The summed E-state index contributed by atoms with van der Waals surface area (Å²) in [5.41, 5.74) is -0.480. The molecule has 0 saturated carbocycles. The van der Waals surface area contributed by atoms with Gasteiger partial charge in [-0.1, -0.05) is 0 Å². The molecule has 1 heterocycles. The Morgan fingerprint density at radius 3 is 2.50 bits per heavy atom. The Morgan fingerprint density at radius 1 is 1.80 bits per heavy atom. The lowest BCUT2D eigenvalue weighted by Crippen LogP contribution is -2.64. The van der Waals surface area contributed by atoms with E-state index in [0.717, 1.165) is 0 Å². The highest BCUT2D eigenvalue weighted by Crippen LogP contribution is 2.15. The largest absolute Gasteiger partial charge is 0.394 e. The van der Waals surface area contributed by atoms with Crippen LogP contribution in [0.5, 0.6) is 0 Å². The van der Waals surface area contributed by atoms with Gasteiger partial charge in [0.25, 0.3) is 0 Å². The minimum atomic E-state index is -0.480. The smallest absolute Gasteiger partial charge is 0.217 e. The lowest BCUT2D eigenvalue weighted by molar-refractivity contribution is -0.135. The Bertz CT molecular complexity index is 136. The molecule has 0 spiro atoms. The maximum absolute atomic E-state index is 10.5. The molecule has 58 valence electrons. The average Bonchev–Trinajstić information content (AvgIpc) is 1.78. The standard InChI is InChI=1S/C6H11NO3/c1-5(9)7-6(2-8)3-10-4-6/h8H,2-4H2,1H3,(H,7,9). The predicted molar refractivity (Wildman–Crippen MR) is 34.5 cm³/mol. The summed E-state index contributed by atoms with van der Waals surface area (Å²) in [5, 5.41) is 11.4. The van der Waals surface area contributed by atoms with Crippen molar-refractivity contribution in [2.24, 2.45) is 0 Å². The number of aliphatic hydroxyl groups excluding tert-OH is 1. The highest BCUT2D eigenvalue weighted by Gasteiger charge is 2.38. The minimum Gasteiger partial charge on any atom is -0.394 e. The third kappa shape index (κ3) is 1.27. The first-order chi connectivity index (χ1) is 4.68. The molecule has 1 rings (SSSR count). The topological polar surface area (TPSA) is 58.6 Å². The average molecular weight is 145 g/mol. The maximum Gasteiger partial charge on any atom is 0.217 e. The second kappa shape index (κ2) is 2.56. The summed E-state index contributed by atoms with van der Waals surface area (Å²) >= 11 is 0. The molecule has 0 aromatic carbocycles. The molecule has 10 heavy (non-hydrogen) atoms. The van der Waals surface area contributed by atoms with Crippen LogP contribution in [0.3, 0.4) is 0 Å². The summed E-state index contributed by atoms with van der Waals surface area (Å²) in [5.74, 6) is -0.127. The second-order valence-corrected chi connectivity index (χ2v) is 2.61. The van der Waals surface area contributed by atoms with Crippen molar-refractivity contribution in [3.63, 3.8) is 0 Å². The van der Waals surface area contributed by atoms with Gasteiger partial charge in [0.05, 0.1) is 19.8 Å². The molecule has 0 aromatic rings. The van der Waals surface area contributed by atoms with E-state index in [9.17, 15) is 4.79 Å². The third-order valence-corrected chi connectivity index (χ3v) is 1.50. The first kappa shape index (κ1) is 7.50. The van der Waals surface area contributed by atoms with Gasteiger partial charge < -0.3 is 15.2 Å². The van der Waals surface area contributed by atoms with Gasteiger partial charge >= 0.3 is 0 Å². The molecule has 1 saturated heterocycles. The number of carbonyl (C=O) groups excluding carboxylic acids is 1. The number of nitrogens with one attached hydrogen (secondary N) is 1. The monoisotopic (exact) mass is 145 g/mol. The molecule has 1 amide bonds. The minimum absolute atomic E-state index is 0.0490. The van der Waals surface area contributed by atoms with Crippen molar-refractivity contribution >= 4 is 5.91 Å². The fourth-order valence-corrected chi connectivity index (χ4v) is 0.925. The second-order valence-electron chi connectivity index (χ2n) is 2.61. The van der Waals surface area contributed by atoms with E-state index in [1.54, 1.807) is 0 Å². The van der Waals surface area contributed by atoms with Crippen molar-refractivity contribution in [3.05, 3.63) is 0 Å². The van der Waals surface area contributed by atoms with E-state index in [1.807, 2.05) is 0 Å². The first-order valence-electron chi connectivity index (χ1n) is 3.16. The first-order valence-corrected chi connectivity index (χ1v) is 3.16. The molecule has 0 radical (unpaired) electrons. The summed E-state index contributed by atoms with van der Waals surface area (Å²) in [6, 6.07) is 0. The van der Waals surface area contributed by atoms with E-state index in [-0.39, 0.29) is 12.5 Å². The molecular formula is C6H11NO3. The molecule has 0 aliphatic carbocycles. The molecule has 0 bridgehead atoms. The summed E-state index contributed by atoms with van der Waals surface area (Å²) in [4.78, 5) is 10.5. The van der Waals surface area contributed by atoms with Crippen molar-refractivity contribution in [3.8, 4) is 0 Å². The van der Waals surface area contributed by atoms with E-state index in [0.29, 0.717) is 13.2 Å². The Kier molecular flexibility index (Phi) is 1.92. The van der Waals surface area contributed by atoms with Crippen LogP contribution in [0.15, 0.2) is 0 Å². The highest BCUT2D eigenvalue weighted by atomic mass is 16.5. The van der Waals surface area contributed by atoms with Crippen LogP contribution in [0.4, 0.5) is 0 Å². The Balaban J connectivity index is 2.40. The molecule has 0 aromatic heterocycles. The van der Waals surface area contributed by atoms with Gasteiger partial charge in [-0.3, -0.25) is 4.79 Å². The zero-order valence-electron chi connectivity index (χ0n) is 5.89. The Morgan fingerprint density at radius 2 is 2.40 bits per heavy atom. The van der Waals surface area contributed by atoms with E-state index < -0.39 is 5.54 Å². The van der Waals surface area contributed by atoms with Crippen LogP contribution in [0.2, 0.25) is 0 Å². The SMILES string of the molecule is CC(=O)NC1(CO)COC1. The number of aliphatic hydroxyl groups is 1. The van der Waals surface area contributed by atoms with Crippen molar-refractivity contribution in [1.29, 1.82) is 0 Å². The molecule has 2 N–H and O–H groups in total. The van der Waals surface area contributed by atoms with E-state index in [1.165, 1.54) is 6.92 Å². The predicted octanol–water partition coefficient (Wildman–Crippen LogP) is -1.12. The van der Waals surface area contributed by atoms with Gasteiger partial charge in [0.15, 0.2) is 0 Å². The molecule has 4 heteroatoms. The van der Waals surface area contributed by atoms with Crippen molar-refractivity contribution in [2.75, 3.05) is 19.8 Å².